The molecule has 0 aliphatic heterocycles. The van der Waals surface area contributed by atoms with E-state index in [1.165, 1.54) is 18.4 Å². The second-order valence-corrected chi connectivity index (χ2v) is 7.68. The van der Waals surface area contributed by atoms with Crippen LogP contribution in [-0.2, 0) is 6.54 Å². The Bertz CT molecular complexity index is 1180. The van der Waals surface area contributed by atoms with Gasteiger partial charge in [-0.05, 0) is 53.8 Å². The number of aromatic hydroxyl groups is 1. The van der Waals surface area contributed by atoms with Crippen molar-refractivity contribution in [2.24, 2.45) is 0 Å². The molecular weight excluding hydrogens is 406 g/mol. The van der Waals surface area contributed by atoms with Crippen molar-refractivity contribution in [1.29, 1.82) is 0 Å². The number of hydrogen-bond acceptors (Lipinski definition) is 4. The van der Waals surface area contributed by atoms with Gasteiger partial charge in [0.1, 0.15) is 11.3 Å². The molecule has 32 heavy (non-hydrogen) atoms. The fourth-order valence-corrected chi connectivity index (χ4v) is 3.76. The summed E-state index contributed by atoms with van der Waals surface area (Å²) in [6.45, 7) is 0.933. The largest absolute Gasteiger partial charge is 0.507 e. The third kappa shape index (κ3) is 4.81. The van der Waals surface area contributed by atoms with Crippen LogP contribution in [0.15, 0.2) is 89.1 Å². The summed E-state index contributed by atoms with van der Waals surface area (Å²) in [6.07, 6.45) is 6.88. The highest BCUT2D eigenvalue weighted by Crippen LogP contribution is 2.30. The van der Waals surface area contributed by atoms with E-state index in [0.29, 0.717) is 25.3 Å². The molecular formula is C26H23NO5. The second-order valence-electron chi connectivity index (χ2n) is 7.68. The maximum Gasteiger partial charge on any atom is 0.339 e. The predicted molar refractivity (Wildman–Crippen MR) is 120 cm³/mol. The summed E-state index contributed by atoms with van der Waals surface area (Å²) in [5.41, 5.74) is 3.77. The minimum absolute atomic E-state index is 0.115. The van der Waals surface area contributed by atoms with Gasteiger partial charge in [0.15, 0.2) is 5.76 Å². The first kappa shape index (κ1) is 21.2. The van der Waals surface area contributed by atoms with E-state index < -0.39 is 5.97 Å². The minimum Gasteiger partial charge on any atom is -0.507 e. The number of carbonyl (C=O) groups is 2. The summed E-state index contributed by atoms with van der Waals surface area (Å²) in [6, 6.07) is 17.8. The van der Waals surface area contributed by atoms with Gasteiger partial charge in [-0.1, -0.05) is 54.1 Å². The van der Waals surface area contributed by atoms with Crippen LogP contribution in [0.4, 0.5) is 0 Å². The van der Waals surface area contributed by atoms with Crippen LogP contribution in [0, 0.1) is 0 Å². The molecule has 0 spiro atoms. The number of benzene rings is 2. The van der Waals surface area contributed by atoms with Gasteiger partial charge in [0.25, 0.3) is 5.91 Å². The molecule has 1 amide bonds. The van der Waals surface area contributed by atoms with E-state index in [-0.39, 0.29) is 17.2 Å². The van der Waals surface area contributed by atoms with Gasteiger partial charge in [-0.2, -0.15) is 0 Å². The van der Waals surface area contributed by atoms with Gasteiger partial charge in [-0.25, -0.2) is 4.79 Å². The predicted octanol–water partition coefficient (Wildman–Crippen LogP) is 5.13. The zero-order valence-electron chi connectivity index (χ0n) is 17.4. The number of hydrogen-bond donors (Lipinski definition) is 2. The smallest absolute Gasteiger partial charge is 0.339 e. The number of carboxylic acid groups (broad SMARTS) is 1. The van der Waals surface area contributed by atoms with Gasteiger partial charge in [-0.3, -0.25) is 4.79 Å². The summed E-state index contributed by atoms with van der Waals surface area (Å²) >= 11 is 0. The maximum atomic E-state index is 13.0. The fraction of sp³-hybridized carbons (Fsp3) is 0.154. The molecule has 0 radical (unpaired) electrons. The molecule has 1 aliphatic carbocycles. The fourth-order valence-electron chi connectivity index (χ4n) is 3.76. The van der Waals surface area contributed by atoms with E-state index in [0.717, 1.165) is 28.7 Å². The number of phenols is 1. The zero-order chi connectivity index (χ0) is 22.5. The average Bonchev–Trinajstić information content (AvgIpc) is 3.34. The van der Waals surface area contributed by atoms with Crippen molar-refractivity contribution in [3.63, 3.8) is 0 Å². The summed E-state index contributed by atoms with van der Waals surface area (Å²) in [5, 5.41) is 19.0. The van der Waals surface area contributed by atoms with Gasteiger partial charge in [-0.15, -0.1) is 0 Å². The Morgan fingerprint density at radius 1 is 0.938 bits per heavy atom. The SMILES string of the molecule is O=C(O)c1cc(C2=CC=C(CN(Cc3ccccc3)C(=O)c3ccco3)CC2)ccc1O. The highest BCUT2D eigenvalue weighted by molar-refractivity contribution is 5.92. The van der Waals surface area contributed by atoms with E-state index in [2.05, 4.69) is 0 Å². The van der Waals surface area contributed by atoms with Crippen LogP contribution in [0.1, 0.15) is 44.9 Å². The standard InChI is InChI=1S/C26H23NO5/c28-23-13-12-21(15-22(23)26(30)31)20-10-8-19(9-11-20)17-27(16-18-5-2-1-3-6-18)25(29)24-7-4-14-32-24/h1-8,10,12-15,28H,9,11,16-17H2,(H,30,31). The van der Waals surface area contributed by atoms with Crippen molar-refractivity contribution in [1.82, 2.24) is 4.90 Å². The molecule has 0 atom stereocenters. The van der Waals surface area contributed by atoms with Crippen LogP contribution in [0.3, 0.4) is 0 Å². The molecule has 0 bridgehead atoms. The monoisotopic (exact) mass is 429 g/mol. The summed E-state index contributed by atoms with van der Waals surface area (Å²) < 4.78 is 5.33. The Morgan fingerprint density at radius 3 is 2.41 bits per heavy atom. The van der Waals surface area contributed by atoms with Gasteiger partial charge in [0.05, 0.1) is 6.26 Å². The highest BCUT2D eigenvalue weighted by atomic mass is 16.4. The molecule has 6 nitrogen and oxygen atoms in total. The second kappa shape index (κ2) is 9.39. The molecule has 1 aliphatic rings. The number of allylic oxidation sites excluding steroid dienone is 3. The Labute approximate surface area is 185 Å². The van der Waals surface area contributed by atoms with Crippen LogP contribution in [-0.4, -0.2) is 33.5 Å². The summed E-state index contributed by atoms with van der Waals surface area (Å²) in [5.74, 6) is -1.27. The topological polar surface area (TPSA) is 91.0 Å². The number of nitrogens with zero attached hydrogens (tertiary/aromatic N) is 1. The molecule has 0 saturated heterocycles. The van der Waals surface area contributed by atoms with Crippen molar-refractivity contribution in [3.05, 3.63) is 107 Å². The number of carbonyl (C=O) groups excluding carboxylic acids is 1. The Hall–Kier alpha value is -4.06. The van der Waals surface area contributed by atoms with Crippen LogP contribution >= 0.6 is 0 Å². The Kier molecular flexibility index (Phi) is 6.22. The first-order valence-electron chi connectivity index (χ1n) is 10.3. The van der Waals surface area contributed by atoms with E-state index in [4.69, 9.17) is 4.42 Å². The van der Waals surface area contributed by atoms with E-state index in [1.54, 1.807) is 23.1 Å². The Balaban J connectivity index is 1.55. The molecule has 0 saturated carbocycles. The quantitative estimate of drug-likeness (QED) is 0.543. The van der Waals surface area contributed by atoms with Crippen molar-refractivity contribution in [2.75, 3.05) is 6.54 Å². The third-order valence-corrected chi connectivity index (χ3v) is 5.46. The van der Waals surface area contributed by atoms with Gasteiger partial charge < -0.3 is 19.5 Å². The number of amides is 1. The van der Waals surface area contributed by atoms with Gasteiger partial charge in [0.2, 0.25) is 0 Å². The van der Waals surface area contributed by atoms with Crippen molar-refractivity contribution in [2.45, 2.75) is 19.4 Å². The van der Waals surface area contributed by atoms with Crippen LogP contribution < -0.4 is 0 Å². The molecule has 2 N–H and O–H groups in total. The molecule has 1 heterocycles. The van der Waals surface area contributed by atoms with Crippen LogP contribution in [0.25, 0.3) is 5.57 Å². The van der Waals surface area contributed by atoms with Crippen molar-refractivity contribution < 1.29 is 24.2 Å². The average molecular weight is 429 g/mol. The van der Waals surface area contributed by atoms with Crippen molar-refractivity contribution >= 4 is 17.4 Å². The van der Waals surface area contributed by atoms with Crippen molar-refractivity contribution in [3.8, 4) is 5.75 Å². The molecule has 162 valence electrons. The first-order chi connectivity index (χ1) is 15.5. The minimum atomic E-state index is -1.16. The van der Waals surface area contributed by atoms with E-state index >= 15 is 0 Å². The lowest BCUT2D eigenvalue weighted by molar-refractivity contribution is 0.0691. The van der Waals surface area contributed by atoms with Gasteiger partial charge >= 0.3 is 5.97 Å². The summed E-state index contributed by atoms with van der Waals surface area (Å²) in [7, 11) is 0. The molecule has 0 unspecified atom stereocenters. The summed E-state index contributed by atoms with van der Waals surface area (Å²) in [4.78, 5) is 26.1. The first-order valence-corrected chi connectivity index (χ1v) is 10.3. The number of furan rings is 1. The lowest BCUT2D eigenvalue weighted by Crippen LogP contribution is -2.32. The molecule has 1 aromatic heterocycles. The molecule has 2 aromatic carbocycles. The van der Waals surface area contributed by atoms with E-state index in [9.17, 15) is 19.8 Å². The zero-order valence-corrected chi connectivity index (χ0v) is 17.4. The van der Waals surface area contributed by atoms with Crippen LogP contribution in [0.2, 0.25) is 0 Å². The third-order valence-electron chi connectivity index (χ3n) is 5.46. The van der Waals surface area contributed by atoms with E-state index in [1.807, 2.05) is 42.5 Å². The molecule has 3 aromatic rings. The number of aromatic carboxylic acids is 1. The highest BCUT2D eigenvalue weighted by Gasteiger charge is 2.21. The number of carboxylic acids is 1. The lowest BCUT2D eigenvalue weighted by Gasteiger charge is -2.25. The maximum absolute atomic E-state index is 13.0. The number of rotatable bonds is 7. The molecule has 6 heteroatoms. The Morgan fingerprint density at radius 2 is 1.75 bits per heavy atom. The normalized spacial score (nSPS) is 13.2. The van der Waals surface area contributed by atoms with Gasteiger partial charge in [0, 0.05) is 13.1 Å². The molecule has 4 rings (SSSR count). The lowest BCUT2D eigenvalue weighted by atomic mass is 9.92. The van der Waals surface area contributed by atoms with Crippen LogP contribution in [0.5, 0.6) is 5.75 Å². The molecule has 0 fully saturated rings.